The maximum absolute atomic E-state index is 12.9. The molecule has 0 spiro atoms. The summed E-state index contributed by atoms with van der Waals surface area (Å²) in [4.78, 5) is 26.6. The number of methoxy groups -OCH3 is 1. The van der Waals surface area contributed by atoms with Crippen LogP contribution in [0, 0.1) is 5.92 Å². The normalized spacial score (nSPS) is 15.8. The Hall–Kier alpha value is -3.74. The molecule has 0 saturated carbocycles. The lowest BCUT2D eigenvalue weighted by molar-refractivity contribution is -0.120. The Morgan fingerprint density at radius 3 is 2.66 bits per heavy atom. The van der Waals surface area contributed by atoms with Crippen LogP contribution in [0.15, 0.2) is 60.7 Å². The number of Topliss-reactive ketones (excluding diaryl/α,β-unsaturated/α-hetero) is 1. The van der Waals surface area contributed by atoms with E-state index in [4.69, 9.17) is 4.74 Å². The first-order chi connectivity index (χ1) is 15.5. The third-order valence-electron chi connectivity index (χ3n) is 5.69. The van der Waals surface area contributed by atoms with Crippen LogP contribution in [0.5, 0.6) is 5.75 Å². The molecule has 1 N–H and O–H groups in total. The number of rotatable bonds is 6. The van der Waals surface area contributed by atoms with Crippen LogP contribution in [0.25, 0.3) is 11.3 Å². The van der Waals surface area contributed by atoms with Gasteiger partial charge in [0, 0.05) is 29.9 Å². The summed E-state index contributed by atoms with van der Waals surface area (Å²) in [6.45, 7) is 2.91. The van der Waals surface area contributed by atoms with Crippen molar-refractivity contribution < 1.29 is 14.3 Å². The molecule has 1 amide bonds. The number of carbonyl (C=O) groups is 2. The van der Waals surface area contributed by atoms with Gasteiger partial charge in [0.1, 0.15) is 5.75 Å². The van der Waals surface area contributed by atoms with Gasteiger partial charge in [-0.05, 0) is 56.2 Å². The number of benzene rings is 2. The Kier molecular flexibility index (Phi) is 6.44. The number of ether oxygens (including phenoxy) is 1. The van der Waals surface area contributed by atoms with Gasteiger partial charge in [0.2, 0.25) is 5.91 Å². The van der Waals surface area contributed by atoms with E-state index in [1.54, 1.807) is 31.4 Å². The fraction of sp³-hybridized carbons (Fsp3) is 0.280. The molecule has 0 bridgehead atoms. The predicted octanol–water partition coefficient (Wildman–Crippen LogP) is 4.21. The van der Waals surface area contributed by atoms with Crippen LogP contribution in [0.4, 0.5) is 11.5 Å². The molecule has 1 atom stereocenters. The number of nitrogens with one attached hydrogen (secondary N) is 1. The first kappa shape index (κ1) is 21.5. The van der Waals surface area contributed by atoms with Gasteiger partial charge in [-0.3, -0.25) is 9.59 Å². The van der Waals surface area contributed by atoms with Crippen molar-refractivity contribution in [1.29, 1.82) is 0 Å². The summed E-state index contributed by atoms with van der Waals surface area (Å²) < 4.78 is 5.41. The number of amides is 1. The molecule has 1 saturated heterocycles. The predicted molar refractivity (Wildman–Crippen MR) is 124 cm³/mol. The summed E-state index contributed by atoms with van der Waals surface area (Å²) in [5.74, 6) is 1.26. The molecule has 2 heterocycles. The summed E-state index contributed by atoms with van der Waals surface area (Å²) in [5.41, 5.74) is 2.85. The van der Waals surface area contributed by atoms with Crippen LogP contribution < -0.4 is 15.0 Å². The molecule has 4 rings (SSSR count). The maximum Gasteiger partial charge on any atom is 0.229 e. The van der Waals surface area contributed by atoms with E-state index in [1.165, 1.54) is 6.92 Å². The van der Waals surface area contributed by atoms with Gasteiger partial charge in [-0.1, -0.05) is 24.3 Å². The van der Waals surface area contributed by atoms with E-state index in [0.717, 1.165) is 42.2 Å². The average molecular weight is 431 g/mol. The molecular weight excluding hydrogens is 404 g/mol. The molecule has 3 aromatic rings. The quantitative estimate of drug-likeness (QED) is 0.590. The van der Waals surface area contributed by atoms with Crippen molar-refractivity contribution >= 4 is 23.2 Å². The number of piperidine rings is 1. The lowest BCUT2D eigenvalue weighted by Crippen LogP contribution is -2.41. The summed E-state index contributed by atoms with van der Waals surface area (Å²) in [6.07, 6.45) is 1.70. The monoisotopic (exact) mass is 430 g/mol. The molecule has 2 aromatic carbocycles. The zero-order valence-electron chi connectivity index (χ0n) is 18.2. The van der Waals surface area contributed by atoms with Crippen molar-refractivity contribution in [2.24, 2.45) is 5.92 Å². The molecule has 1 aliphatic heterocycles. The lowest BCUT2D eigenvalue weighted by atomic mass is 9.97. The molecular formula is C25H26N4O3. The largest absolute Gasteiger partial charge is 0.496 e. The first-order valence-corrected chi connectivity index (χ1v) is 10.7. The van der Waals surface area contributed by atoms with Crippen LogP contribution in [0.2, 0.25) is 0 Å². The van der Waals surface area contributed by atoms with E-state index in [1.807, 2.05) is 36.4 Å². The fourth-order valence-electron chi connectivity index (χ4n) is 3.95. The van der Waals surface area contributed by atoms with Crippen molar-refractivity contribution in [3.63, 3.8) is 0 Å². The zero-order valence-corrected chi connectivity index (χ0v) is 18.2. The summed E-state index contributed by atoms with van der Waals surface area (Å²) in [5, 5.41) is 11.8. The van der Waals surface area contributed by atoms with Crippen molar-refractivity contribution in [3.05, 3.63) is 66.2 Å². The van der Waals surface area contributed by atoms with Crippen LogP contribution in [0.3, 0.4) is 0 Å². The van der Waals surface area contributed by atoms with Crippen molar-refractivity contribution in [2.75, 3.05) is 30.4 Å². The van der Waals surface area contributed by atoms with Crippen molar-refractivity contribution in [3.8, 4) is 17.0 Å². The van der Waals surface area contributed by atoms with Gasteiger partial charge < -0.3 is 15.0 Å². The summed E-state index contributed by atoms with van der Waals surface area (Å²) in [7, 11) is 1.63. The molecule has 0 unspecified atom stereocenters. The number of nitrogens with zero attached hydrogens (tertiary/aromatic N) is 3. The Labute approximate surface area is 187 Å². The Morgan fingerprint density at radius 2 is 1.91 bits per heavy atom. The number of aromatic nitrogens is 2. The number of ketones is 1. The minimum Gasteiger partial charge on any atom is -0.496 e. The van der Waals surface area contributed by atoms with Crippen LogP contribution in [-0.4, -0.2) is 42.1 Å². The highest BCUT2D eigenvalue weighted by molar-refractivity contribution is 5.97. The van der Waals surface area contributed by atoms with E-state index in [0.29, 0.717) is 17.8 Å². The summed E-state index contributed by atoms with van der Waals surface area (Å²) in [6, 6.07) is 18.6. The van der Waals surface area contributed by atoms with E-state index < -0.39 is 0 Å². The van der Waals surface area contributed by atoms with E-state index in [2.05, 4.69) is 20.4 Å². The van der Waals surface area contributed by atoms with E-state index in [-0.39, 0.29) is 17.6 Å². The number of anilines is 2. The van der Waals surface area contributed by atoms with E-state index in [9.17, 15) is 9.59 Å². The highest BCUT2D eigenvalue weighted by atomic mass is 16.5. The van der Waals surface area contributed by atoms with Gasteiger partial charge in [0.15, 0.2) is 11.6 Å². The van der Waals surface area contributed by atoms with Crippen molar-refractivity contribution in [2.45, 2.75) is 19.8 Å². The maximum atomic E-state index is 12.9. The molecule has 0 aliphatic carbocycles. The Morgan fingerprint density at radius 1 is 1.06 bits per heavy atom. The zero-order chi connectivity index (χ0) is 22.5. The standard InChI is InChI=1S/C25H26N4O3/c1-17(30)18-7-5-9-20(15-18)26-25(31)19-8-6-14-29(16-19)24-13-12-22(27-28-24)21-10-3-4-11-23(21)32-2/h3-5,7,9-13,15,19H,6,8,14,16H2,1-2H3,(H,26,31)/t19-/m1/s1. The van der Waals surface area contributed by atoms with Crippen molar-refractivity contribution in [1.82, 2.24) is 10.2 Å². The van der Waals surface area contributed by atoms with Gasteiger partial charge in [-0.15, -0.1) is 10.2 Å². The highest BCUT2D eigenvalue weighted by Crippen LogP contribution is 2.29. The number of carbonyl (C=O) groups excluding carboxylic acids is 2. The van der Waals surface area contributed by atoms with Crippen LogP contribution in [0.1, 0.15) is 30.1 Å². The third-order valence-corrected chi connectivity index (χ3v) is 5.69. The second kappa shape index (κ2) is 9.60. The number of para-hydroxylation sites is 1. The third kappa shape index (κ3) is 4.77. The number of hydrogen-bond acceptors (Lipinski definition) is 6. The minimum atomic E-state index is -0.166. The number of hydrogen-bond donors (Lipinski definition) is 1. The van der Waals surface area contributed by atoms with Crippen LogP contribution >= 0.6 is 0 Å². The van der Waals surface area contributed by atoms with Gasteiger partial charge in [0.25, 0.3) is 0 Å². The van der Waals surface area contributed by atoms with E-state index >= 15 is 0 Å². The van der Waals surface area contributed by atoms with Gasteiger partial charge in [-0.2, -0.15) is 0 Å². The highest BCUT2D eigenvalue weighted by Gasteiger charge is 2.27. The van der Waals surface area contributed by atoms with Gasteiger partial charge in [0.05, 0.1) is 18.7 Å². The molecule has 1 aromatic heterocycles. The molecule has 7 nitrogen and oxygen atoms in total. The molecule has 1 fully saturated rings. The first-order valence-electron chi connectivity index (χ1n) is 10.7. The molecule has 7 heteroatoms. The Bertz CT molecular complexity index is 1110. The second-order valence-corrected chi connectivity index (χ2v) is 7.89. The average Bonchev–Trinajstić information content (AvgIpc) is 2.84. The molecule has 0 radical (unpaired) electrons. The Balaban J connectivity index is 1.44. The second-order valence-electron chi connectivity index (χ2n) is 7.89. The minimum absolute atomic E-state index is 0.0277. The lowest BCUT2D eigenvalue weighted by Gasteiger charge is -2.32. The van der Waals surface area contributed by atoms with Gasteiger partial charge in [-0.25, -0.2) is 0 Å². The molecule has 164 valence electrons. The fourth-order valence-corrected chi connectivity index (χ4v) is 3.95. The smallest absolute Gasteiger partial charge is 0.229 e. The molecule has 1 aliphatic rings. The van der Waals surface area contributed by atoms with Gasteiger partial charge >= 0.3 is 0 Å². The SMILES string of the molecule is COc1ccccc1-c1ccc(N2CCC[C@@H](C(=O)Nc3cccc(C(C)=O)c3)C2)nn1. The topological polar surface area (TPSA) is 84.4 Å². The van der Waals surface area contributed by atoms with Crippen LogP contribution in [-0.2, 0) is 4.79 Å². The molecule has 32 heavy (non-hydrogen) atoms. The summed E-state index contributed by atoms with van der Waals surface area (Å²) >= 11 is 0.